The molecule has 0 spiro atoms. The zero-order chi connectivity index (χ0) is 25.0. The molecule has 0 radical (unpaired) electrons. The van der Waals surface area contributed by atoms with E-state index in [1.807, 2.05) is 0 Å². The number of carbonyl (C=O) groups is 2. The van der Waals surface area contributed by atoms with Crippen LogP contribution in [0.25, 0.3) is 6.08 Å². The van der Waals surface area contributed by atoms with Crippen LogP contribution in [0.1, 0.15) is 15.9 Å². The molecule has 0 aliphatic carbocycles. The summed E-state index contributed by atoms with van der Waals surface area (Å²) in [5.41, 5.74) is 0.229. The maximum absolute atomic E-state index is 12.2. The SMILES string of the molecule is O=C(C=Cc1ccc(O)cc1)O[C@@H]1O[C@H](COC(=O)c2cc(O)c(O)c(O)c2)[C@@H](O)[C@H](O)[C@H]1O. The minimum Gasteiger partial charge on any atom is -0.508 e. The van der Waals surface area contributed by atoms with Gasteiger partial charge in [0.2, 0.25) is 6.29 Å². The standard InChI is InChI=1S/C22H22O12/c23-12-4-1-10(2-5-12)3-6-16(26)34-22-20(30)19(29)18(28)15(33-22)9-32-21(31)11-7-13(24)17(27)14(25)8-11/h1-8,15,18-20,22-25,27-30H,9H2/t15-,18-,19+,20-,22+/m1/s1. The lowest BCUT2D eigenvalue weighted by atomic mass is 9.99. The number of hydrogen-bond donors (Lipinski definition) is 7. The first kappa shape index (κ1) is 24.8. The van der Waals surface area contributed by atoms with Crippen LogP contribution in [0.3, 0.4) is 0 Å². The number of rotatable bonds is 6. The van der Waals surface area contributed by atoms with Gasteiger partial charge in [-0.25, -0.2) is 9.59 Å². The molecular weight excluding hydrogens is 456 g/mol. The van der Waals surface area contributed by atoms with Crippen molar-refractivity contribution in [2.45, 2.75) is 30.7 Å². The van der Waals surface area contributed by atoms with E-state index < -0.39 is 66.5 Å². The smallest absolute Gasteiger partial charge is 0.338 e. The summed E-state index contributed by atoms with van der Waals surface area (Å²) in [4.78, 5) is 24.3. The maximum atomic E-state index is 12.2. The zero-order valence-electron chi connectivity index (χ0n) is 17.4. The Morgan fingerprint density at radius 1 is 0.912 bits per heavy atom. The number of aliphatic hydroxyl groups is 3. The van der Waals surface area contributed by atoms with Crippen molar-refractivity contribution >= 4 is 18.0 Å². The summed E-state index contributed by atoms with van der Waals surface area (Å²) in [6.45, 7) is -0.663. The highest BCUT2D eigenvalue weighted by Crippen LogP contribution is 2.35. The van der Waals surface area contributed by atoms with Crippen LogP contribution in [0.5, 0.6) is 23.0 Å². The molecule has 2 aromatic rings. The van der Waals surface area contributed by atoms with Gasteiger partial charge >= 0.3 is 11.9 Å². The average Bonchev–Trinajstić information content (AvgIpc) is 2.81. The predicted molar refractivity (Wildman–Crippen MR) is 112 cm³/mol. The molecule has 0 saturated carbocycles. The summed E-state index contributed by atoms with van der Waals surface area (Å²) >= 11 is 0. The van der Waals surface area contributed by atoms with Crippen LogP contribution in [-0.2, 0) is 19.0 Å². The topological polar surface area (TPSA) is 203 Å². The Bertz CT molecular complexity index is 1040. The monoisotopic (exact) mass is 478 g/mol. The van der Waals surface area contributed by atoms with Gasteiger partial charge in [-0.15, -0.1) is 0 Å². The quantitative estimate of drug-likeness (QED) is 0.163. The van der Waals surface area contributed by atoms with E-state index in [9.17, 15) is 45.3 Å². The van der Waals surface area contributed by atoms with E-state index in [-0.39, 0.29) is 11.3 Å². The highest BCUT2D eigenvalue weighted by Gasteiger charge is 2.46. The molecule has 7 N–H and O–H groups in total. The Hall–Kier alpha value is -3.84. The molecule has 182 valence electrons. The highest BCUT2D eigenvalue weighted by molar-refractivity contribution is 5.91. The van der Waals surface area contributed by atoms with Crippen molar-refractivity contribution in [3.05, 3.63) is 53.6 Å². The maximum Gasteiger partial charge on any atom is 0.338 e. The lowest BCUT2D eigenvalue weighted by molar-refractivity contribution is -0.290. The Balaban J connectivity index is 1.62. The van der Waals surface area contributed by atoms with Crippen molar-refractivity contribution in [3.8, 4) is 23.0 Å². The van der Waals surface area contributed by atoms with Crippen molar-refractivity contribution < 1.29 is 59.5 Å². The van der Waals surface area contributed by atoms with E-state index in [0.29, 0.717) is 5.56 Å². The normalized spacial score (nSPS) is 24.6. The van der Waals surface area contributed by atoms with Crippen molar-refractivity contribution in [2.75, 3.05) is 6.61 Å². The fourth-order valence-corrected chi connectivity index (χ4v) is 3.02. The van der Waals surface area contributed by atoms with Crippen LogP contribution in [0.2, 0.25) is 0 Å². The predicted octanol–water partition coefficient (Wildman–Crippen LogP) is -0.270. The van der Waals surface area contributed by atoms with Gasteiger partial charge in [0.25, 0.3) is 0 Å². The van der Waals surface area contributed by atoms with Crippen molar-refractivity contribution in [3.63, 3.8) is 0 Å². The molecule has 0 amide bonds. The molecule has 2 aromatic carbocycles. The van der Waals surface area contributed by atoms with Gasteiger partial charge in [0.05, 0.1) is 5.56 Å². The van der Waals surface area contributed by atoms with Gasteiger partial charge in [-0.1, -0.05) is 12.1 Å². The van der Waals surface area contributed by atoms with E-state index in [4.69, 9.17) is 14.2 Å². The summed E-state index contributed by atoms with van der Waals surface area (Å²) in [6, 6.07) is 7.54. The van der Waals surface area contributed by atoms with Gasteiger partial charge in [0, 0.05) is 6.08 Å². The van der Waals surface area contributed by atoms with Crippen LogP contribution < -0.4 is 0 Å². The second-order valence-electron chi connectivity index (χ2n) is 7.34. The van der Waals surface area contributed by atoms with Crippen LogP contribution in [-0.4, -0.2) is 85.0 Å². The Morgan fingerprint density at radius 3 is 2.15 bits per heavy atom. The number of phenolic OH excluding ortho intramolecular Hbond substituents is 4. The summed E-state index contributed by atoms with van der Waals surface area (Å²) in [7, 11) is 0. The first-order chi connectivity index (χ1) is 16.1. The lowest BCUT2D eigenvalue weighted by Gasteiger charge is -2.39. The van der Waals surface area contributed by atoms with Crippen molar-refractivity contribution in [1.82, 2.24) is 0 Å². The van der Waals surface area contributed by atoms with Gasteiger partial charge in [-0.2, -0.15) is 0 Å². The molecule has 12 heteroatoms. The molecule has 1 aliphatic rings. The molecule has 1 saturated heterocycles. The molecule has 1 fully saturated rings. The minimum absolute atomic E-state index is 0.0387. The van der Waals surface area contributed by atoms with Crippen LogP contribution in [0.4, 0.5) is 0 Å². The molecule has 34 heavy (non-hydrogen) atoms. The molecule has 1 heterocycles. The minimum atomic E-state index is -1.81. The molecule has 0 aromatic heterocycles. The van der Waals surface area contributed by atoms with Crippen LogP contribution >= 0.6 is 0 Å². The molecule has 0 unspecified atom stereocenters. The van der Waals surface area contributed by atoms with Crippen LogP contribution in [0, 0.1) is 0 Å². The number of benzene rings is 2. The second-order valence-corrected chi connectivity index (χ2v) is 7.34. The number of phenols is 4. The number of ether oxygens (including phenoxy) is 3. The van der Waals surface area contributed by atoms with Gasteiger partial charge in [-0.3, -0.25) is 0 Å². The molecule has 3 rings (SSSR count). The summed E-state index contributed by atoms with van der Waals surface area (Å²) in [5.74, 6) is -4.36. The number of esters is 2. The first-order valence-electron chi connectivity index (χ1n) is 9.86. The first-order valence-corrected chi connectivity index (χ1v) is 9.86. The number of hydrogen-bond acceptors (Lipinski definition) is 12. The molecular formula is C22H22O12. The Morgan fingerprint density at radius 2 is 1.53 bits per heavy atom. The van der Waals surface area contributed by atoms with Gasteiger partial charge in [0.15, 0.2) is 17.2 Å². The van der Waals surface area contributed by atoms with E-state index >= 15 is 0 Å². The summed E-state index contributed by atoms with van der Waals surface area (Å²) < 4.78 is 15.2. The molecule has 0 bridgehead atoms. The highest BCUT2D eigenvalue weighted by atomic mass is 16.7. The third-order valence-electron chi connectivity index (χ3n) is 4.89. The summed E-state index contributed by atoms with van der Waals surface area (Å²) in [6.07, 6.45) is -6.08. The van der Waals surface area contributed by atoms with Crippen molar-refractivity contribution in [2.24, 2.45) is 0 Å². The van der Waals surface area contributed by atoms with Crippen LogP contribution in [0.15, 0.2) is 42.5 Å². The van der Waals surface area contributed by atoms with E-state index in [0.717, 1.165) is 18.2 Å². The average molecular weight is 478 g/mol. The van der Waals surface area contributed by atoms with E-state index in [1.165, 1.54) is 30.3 Å². The molecule has 12 nitrogen and oxygen atoms in total. The van der Waals surface area contributed by atoms with E-state index in [2.05, 4.69) is 0 Å². The fourth-order valence-electron chi connectivity index (χ4n) is 3.02. The second kappa shape index (κ2) is 10.4. The lowest BCUT2D eigenvalue weighted by Crippen LogP contribution is -2.59. The largest absolute Gasteiger partial charge is 0.508 e. The number of carbonyl (C=O) groups excluding carboxylic acids is 2. The van der Waals surface area contributed by atoms with Gasteiger partial charge in [0.1, 0.15) is 36.8 Å². The Kier molecular flexibility index (Phi) is 7.58. The van der Waals surface area contributed by atoms with Crippen molar-refractivity contribution in [1.29, 1.82) is 0 Å². The third kappa shape index (κ3) is 5.74. The van der Waals surface area contributed by atoms with Gasteiger partial charge < -0.3 is 50.0 Å². The number of aliphatic hydroxyl groups excluding tert-OH is 3. The number of aromatic hydroxyl groups is 4. The molecule has 1 aliphatic heterocycles. The fraction of sp³-hybridized carbons (Fsp3) is 0.273. The zero-order valence-corrected chi connectivity index (χ0v) is 17.4. The molecule has 5 atom stereocenters. The Labute approximate surface area is 192 Å². The third-order valence-corrected chi connectivity index (χ3v) is 4.89. The van der Waals surface area contributed by atoms with Gasteiger partial charge in [-0.05, 0) is 35.9 Å². The summed E-state index contributed by atoms with van der Waals surface area (Å²) in [5, 5.41) is 67.9. The van der Waals surface area contributed by atoms with E-state index in [1.54, 1.807) is 0 Å².